The normalized spacial score (nSPS) is 11.8. The van der Waals surface area contributed by atoms with E-state index in [9.17, 15) is 18.0 Å². The largest absolute Gasteiger partial charge is 0.480 e. The zero-order valence-corrected chi connectivity index (χ0v) is 9.35. The average molecular weight is 261 g/mol. The van der Waals surface area contributed by atoms with Crippen LogP contribution in [-0.4, -0.2) is 29.7 Å². The molecule has 0 aliphatic carbocycles. The molecule has 0 bridgehead atoms. The molecule has 1 aromatic rings. The van der Waals surface area contributed by atoms with Gasteiger partial charge in [-0.2, -0.15) is 13.2 Å². The first-order chi connectivity index (χ1) is 8.30. The minimum absolute atomic E-state index is 0.359. The number of hydrogen-bond donors (Lipinski definition) is 1. The highest BCUT2D eigenvalue weighted by molar-refractivity contribution is 5.68. The van der Waals surface area contributed by atoms with Gasteiger partial charge in [0.25, 0.3) is 0 Å². The molecule has 0 saturated heterocycles. The summed E-state index contributed by atoms with van der Waals surface area (Å²) < 4.78 is 37.7. The monoisotopic (exact) mass is 261 g/mol. The van der Waals surface area contributed by atoms with Gasteiger partial charge in [0.15, 0.2) is 0 Å². The molecule has 0 spiro atoms. The lowest BCUT2D eigenvalue weighted by Crippen LogP contribution is -2.19. The summed E-state index contributed by atoms with van der Waals surface area (Å²) in [5.74, 6) is -1.15. The first-order valence-corrected chi connectivity index (χ1v) is 4.81. The average Bonchev–Trinajstić information content (AvgIpc) is 2.24. The third-order valence-corrected chi connectivity index (χ3v) is 1.88. The molecule has 0 fully saturated rings. The van der Waals surface area contributed by atoms with Gasteiger partial charge < -0.3 is 5.11 Å². The second kappa shape index (κ2) is 5.48. The van der Waals surface area contributed by atoms with Crippen molar-refractivity contribution >= 4 is 11.7 Å². The smallest absolute Gasteiger partial charge is 0.418 e. The number of halogens is 3. The Kier molecular flexibility index (Phi) is 4.24. The summed E-state index contributed by atoms with van der Waals surface area (Å²) in [6.45, 7) is -0.447. The topological polar surface area (TPSA) is 65.3 Å². The van der Waals surface area contributed by atoms with Gasteiger partial charge in [0.05, 0.1) is 11.3 Å². The van der Waals surface area contributed by atoms with Crippen molar-refractivity contribution < 1.29 is 23.1 Å². The van der Waals surface area contributed by atoms with Crippen molar-refractivity contribution in [1.29, 1.82) is 0 Å². The lowest BCUT2D eigenvalue weighted by atomic mass is 10.2. The summed E-state index contributed by atoms with van der Waals surface area (Å²) in [7, 11) is 1.30. The number of aliphatic carboxylic acids is 1. The number of carboxylic acids is 1. The number of likely N-dealkylation sites (N-methyl/N-ethyl adjacent to an activating group) is 1. The lowest BCUT2D eigenvalue weighted by molar-refractivity contribution is -0.138. The van der Waals surface area contributed by atoms with Crippen molar-refractivity contribution in [2.24, 2.45) is 10.3 Å². The van der Waals surface area contributed by atoms with Crippen LogP contribution in [0.15, 0.2) is 34.6 Å². The van der Waals surface area contributed by atoms with E-state index in [2.05, 4.69) is 10.3 Å². The Hall–Kier alpha value is -2.12. The fourth-order valence-electron chi connectivity index (χ4n) is 1.15. The van der Waals surface area contributed by atoms with Crippen LogP contribution >= 0.6 is 0 Å². The Morgan fingerprint density at radius 3 is 2.56 bits per heavy atom. The van der Waals surface area contributed by atoms with E-state index in [4.69, 9.17) is 5.11 Å². The van der Waals surface area contributed by atoms with Gasteiger partial charge in [-0.1, -0.05) is 17.4 Å². The van der Waals surface area contributed by atoms with Gasteiger partial charge in [0.2, 0.25) is 0 Å². The molecular weight excluding hydrogens is 251 g/mol. The van der Waals surface area contributed by atoms with Crippen molar-refractivity contribution in [1.82, 2.24) is 5.01 Å². The molecule has 0 unspecified atom stereocenters. The van der Waals surface area contributed by atoms with Crippen molar-refractivity contribution in [2.75, 3.05) is 13.6 Å². The van der Waals surface area contributed by atoms with E-state index >= 15 is 0 Å². The van der Waals surface area contributed by atoms with Gasteiger partial charge in [0, 0.05) is 7.05 Å². The number of carbonyl (C=O) groups is 1. The first-order valence-electron chi connectivity index (χ1n) is 4.81. The number of carboxylic acid groups (broad SMARTS) is 1. The number of benzene rings is 1. The van der Waals surface area contributed by atoms with E-state index in [1.54, 1.807) is 0 Å². The first kappa shape index (κ1) is 13.9. The highest BCUT2D eigenvalue weighted by Crippen LogP contribution is 2.36. The summed E-state index contributed by atoms with van der Waals surface area (Å²) in [6.07, 6.45) is -4.53. The molecule has 1 aromatic carbocycles. The second-order valence-corrected chi connectivity index (χ2v) is 3.41. The molecule has 18 heavy (non-hydrogen) atoms. The van der Waals surface area contributed by atoms with Crippen molar-refractivity contribution in [3.05, 3.63) is 29.8 Å². The number of nitrogens with zero attached hydrogens (tertiary/aromatic N) is 3. The molecule has 0 aliphatic heterocycles. The molecule has 8 heteroatoms. The predicted molar refractivity (Wildman–Crippen MR) is 56.2 cm³/mol. The van der Waals surface area contributed by atoms with Crippen LogP contribution in [-0.2, 0) is 11.0 Å². The van der Waals surface area contributed by atoms with E-state index < -0.39 is 24.3 Å². The summed E-state index contributed by atoms with van der Waals surface area (Å²) >= 11 is 0. The summed E-state index contributed by atoms with van der Waals surface area (Å²) in [4.78, 5) is 10.3. The molecule has 0 saturated carbocycles. The highest BCUT2D eigenvalue weighted by Gasteiger charge is 2.33. The van der Waals surface area contributed by atoms with Crippen LogP contribution in [0.2, 0.25) is 0 Å². The summed E-state index contributed by atoms with van der Waals surface area (Å²) in [5.41, 5.74) is -1.28. The quantitative estimate of drug-likeness (QED) is 0.669. The maximum Gasteiger partial charge on any atom is 0.418 e. The Bertz CT molecular complexity index is 460. The third kappa shape index (κ3) is 4.04. The van der Waals surface area contributed by atoms with E-state index in [0.717, 1.165) is 17.1 Å². The predicted octanol–water partition coefficient (Wildman–Crippen LogP) is 2.72. The van der Waals surface area contributed by atoms with Gasteiger partial charge in [-0.25, -0.2) is 0 Å². The van der Waals surface area contributed by atoms with Crippen LogP contribution < -0.4 is 0 Å². The Morgan fingerprint density at radius 1 is 1.39 bits per heavy atom. The van der Waals surface area contributed by atoms with E-state index in [1.807, 2.05) is 0 Å². The fourth-order valence-corrected chi connectivity index (χ4v) is 1.15. The maximum atomic E-state index is 12.6. The van der Waals surface area contributed by atoms with Gasteiger partial charge in [-0.15, -0.1) is 5.11 Å². The van der Waals surface area contributed by atoms with E-state index in [-0.39, 0.29) is 5.69 Å². The molecule has 1 N–H and O–H groups in total. The maximum absolute atomic E-state index is 12.6. The van der Waals surface area contributed by atoms with Crippen LogP contribution in [0, 0.1) is 0 Å². The Balaban J connectivity index is 2.91. The molecule has 0 heterocycles. The van der Waals surface area contributed by atoms with Crippen molar-refractivity contribution in [3.63, 3.8) is 0 Å². The molecule has 1 rings (SSSR count). The van der Waals surface area contributed by atoms with Crippen molar-refractivity contribution in [2.45, 2.75) is 6.18 Å². The van der Waals surface area contributed by atoms with Crippen LogP contribution in [0.5, 0.6) is 0 Å². The van der Waals surface area contributed by atoms with Crippen LogP contribution in [0.1, 0.15) is 5.56 Å². The Labute approximate surface area is 101 Å². The summed E-state index contributed by atoms with van der Waals surface area (Å²) in [5, 5.41) is 16.1. The van der Waals surface area contributed by atoms with E-state index in [0.29, 0.717) is 0 Å². The van der Waals surface area contributed by atoms with Crippen LogP contribution in [0.25, 0.3) is 0 Å². The number of hydrogen-bond acceptors (Lipinski definition) is 3. The number of rotatable bonds is 4. The van der Waals surface area contributed by atoms with Gasteiger partial charge in [-0.05, 0) is 12.1 Å². The molecule has 0 radical (unpaired) electrons. The molecule has 5 nitrogen and oxygen atoms in total. The second-order valence-electron chi connectivity index (χ2n) is 3.41. The summed E-state index contributed by atoms with van der Waals surface area (Å²) in [6, 6.07) is 4.66. The minimum atomic E-state index is -4.53. The fraction of sp³-hybridized carbons (Fsp3) is 0.300. The Morgan fingerprint density at radius 2 is 2.00 bits per heavy atom. The van der Waals surface area contributed by atoms with E-state index in [1.165, 1.54) is 19.2 Å². The molecule has 0 amide bonds. The van der Waals surface area contributed by atoms with Crippen LogP contribution in [0.3, 0.4) is 0 Å². The minimum Gasteiger partial charge on any atom is -0.480 e. The molecular formula is C10H10F3N3O2. The molecule has 0 aliphatic rings. The highest BCUT2D eigenvalue weighted by atomic mass is 19.4. The van der Waals surface area contributed by atoms with Crippen molar-refractivity contribution in [3.8, 4) is 0 Å². The van der Waals surface area contributed by atoms with Crippen LogP contribution in [0.4, 0.5) is 18.9 Å². The van der Waals surface area contributed by atoms with Gasteiger partial charge in [-0.3, -0.25) is 9.80 Å². The third-order valence-electron chi connectivity index (χ3n) is 1.88. The molecule has 0 aromatic heterocycles. The zero-order valence-electron chi connectivity index (χ0n) is 9.35. The zero-order chi connectivity index (χ0) is 13.8. The lowest BCUT2D eigenvalue weighted by Gasteiger charge is -2.10. The van der Waals surface area contributed by atoms with Gasteiger partial charge >= 0.3 is 12.1 Å². The number of alkyl halides is 3. The molecule has 0 atom stereocenters. The molecule has 98 valence electrons. The standard InChI is InChI=1S/C10H10F3N3O2/c1-16(6-9(17)18)15-14-8-5-3-2-4-7(8)10(11,12)13/h2-5H,6H2,1H3,(H,17,18)/b15-14+. The van der Waals surface area contributed by atoms with Gasteiger partial charge in [0.1, 0.15) is 6.54 Å². The SMILES string of the molecule is CN(CC(=O)O)/N=N/c1ccccc1C(F)(F)F.